The van der Waals surface area contributed by atoms with Crippen molar-refractivity contribution in [2.75, 3.05) is 5.32 Å². The van der Waals surface area contributed by atoms with Crippen molar-refractivity contribution in [2.24, 2.45) is 0 Å². The number of hydrogen-bond acceptors (Lipinski definition) is 5. The highest BCUT2D eigenvalue weighted by Gasteiger charge is 2.08. The quantitative estimate of drug-likeness (QED) is 0.801. The minimum Gasteiger partial charge on any atom is -0.376 e. The second-order valence-corrected chi connectivity index (χ2v) is 6.00. The summed E-state index contributed by atoms with van der Waals surface area (Å²) >= 11 is 7.52. The number of thiophene rings is 1. The number of nitrogens with one attached hydrogen (secondary N) is 1. The Balaban J connectivity index is 1.72. The molecule has 0 amide bonds. The lowest BCUT2D eigenvalue weighted by molar-refractivity contribution is 0.842. The summed E-state index contributed by atoms with van der Waals surface area (Å²) in [5.41, 5.74) is 0.950. The van der Waals surface area contributed by atoms with Gasteiger partial charge in [-0.2, -0.15) is 5.10 Å². The zero-order valence-corrected chi connectivity index (χ0v) is 12.3. The number of aromatic nitrogens is 4. The van der Waals surface area contributed by atoms with E-state index in [2.05, 4.69) is 27.3 Å². The molecule has 0 saturated heterocycles. The highest BCUT2D eigenvalue weighted by molar-refractivity contribution is 7.16. The van der Waals surface area contributed by atoms with Gasteiger partial charge in [-0.3, -0.25) is 0 Å². The molecule has 0 fully saturated rings. The summed E-state index contributed by atoms with van der Waals surface area (Å²) in [5, 5.41) is 7.43. The standard InChI is InChI=1S/C13H12ClN5S/c1-9(11-3-4-12(14)20-11)18-10-2-5-13(16-6-10)19-8-15-7-17-19/h2-9,18H,1H3. The van der Waals surface area contributed by atoms with Gasteiger partial charge in [0.25, 0.3) is 0 Å². The van der Waals surface area contributed by atoms with Crippen molar-refractivity contribution < 1.29 is 0 Å². The van der Waals surface area contributed by atoms with Crippen LogP contribution < -0.4 is 5.32 Å². The Hall–Kier alpha value is -1.92. The van der Waals surface area contributed by atoms with Crippen molar-refractivity contribution >= 4 is 28.6 Å². The van der Waals surface area contributed by atoms with Crippen LogP contribution >= 0.6 is 22.9 Å². The van der Waals surface area contributed by atoms with Gasteiger partial charge in [0.2, 0.25) is 0 Å². The molecule has 0 saturated carbocycles. The summed E-state index contributed by atoms with van der Waals surface area (Å²) in [6.45, 7) is 2.09. The molecule has 0 aliphatic carbocycles. The Morgan fingerprint density at radius 1 is 1.30 bits per heavy atom. The van der Waals surface area contributed by atoms with E-state index in [0.717, 1.165) is 15.8 Å². The van der Waals surface area contributed by atoms with Gasteiger partial charge in [0.05, 0.1) is 22.3 Å². The molecule has 3 aromatic rings. The van der Waals surface area contributed by atoms with Gasteiger partial charge in [0.1, 0.15) is 12.7 Å². The van der Waals surface area contributed by atoms with Crippen LogP contribution in [0.1, 0.15) is 17.8 Å². The van der Waals surface area contributed by atoms with Crippen molar-refractivity contribution in [2.45, 2.75) is 13.0 Å². The fourth-order valence-electron chi connectivity index (χ4n) is 1.82. The van der Waals surface area contributed by atoms with E-state index in [-0.39, 0.29) is 6.04 Å². The lowest BCUT2D eigenvalue weighted by atomic mass is 10.2. The van der Waals surface area contributed by atoms with Crippen LogP contribution in [0.2, 0.25) is 4.34 Å². The monoisotopic (exact) mass is 305 g/mol. The molecule has 3 rings (SSSR count). The maximum atomic E-state index is 5.95. The summed E-state index contributed by atoms with van der Waals surface area (Å²) in [7, 11) is 0. The highest BCUT2D eigenvalue weighted by atomic mass is 35.5. The highest BCUT2D eigenvalue weighted by Crippen LogP contribution is 2.28. The van der Waals surface area contributed by atoms with Crippen molar-refractivity contribution in [1.82, 2.24) is 19.7 Å². The Bertz CT molecular complexity index is 677. The van der Waals surface area contributed by atoms with Gasteiger partial charge < -0.3 is 5.32 Å². The number of rotatable bonds is 4. The molecule has 0 radical (unpaired) electrons. The second kappa shape index (κ2) is 5.60. The lowest BCUT2D eigenvalue weighted by Crippen LogP contribution is -2.06. The van der Waals surface area contributed by atoms with E-state index in [1.807, 2.05) is 24.3 Å². The van der Waals surface area contributed by atoms with Crippen LogP contribution in [0.15, 0.2) is 43.1 Å². The molecule has 0 aromatic carbocycles. The molecule has 3 heterocycles. The maximum Gasteiger partial charge on any atom is 0.155 e. The smallest absolute Gasteiger partial charge is 0.155 e. The molecule has 7 heteroatoms. The first-order valence-corrected chi connectivity index (χ1v) is 7.24. The Labute approximate surface area is 125 Å². The Kier molecular flexibility index (Phi) is 3.66. The van der Waals surface area contributed by atoms with E-state index in [0.29, 0.717) is 0 Å². The Morgan fingerprint density at radius 3 is 2.80 bits per heavy atom. The van der Waals surface area contributed by atoms with E-state index < -0.39 is 0 Å². The van der Waals surface area contributed by atoms with Gasteiger partial charge in [0.15, 0.2) is 5.82 Å². The molecule has 3 aromatic heterocycles. The molecular formula is C13H12ClN5S. The molecular weight excluding hydrogens is 294 g/mol. The first-order chi connectivity index (χ1) is 9.72. The number of halogens is 1. The first kappa shape index (κ1) is 13.1. The largest absolute Gasteiger partial charge is 0.376 e. The molecule has 0 bridgehead atoms. The normalized spacial score (nSPS) is 12.3. The average Bonchev–Trinajstić information content (AvgIpc) is 3.10. The van der Waals surface area contributed by atoms with E-state index in [9.17, 15) is 0 Å². The molecule has 0 aliphatic rings. The van der Waals surface area contributed by atoms with E-state index in [4.69, 9.17) is 11.6 Å². The number of nitrogens with zero attached hydrogens (tertiary/aromatic N) is 4. The van der Waals surface area contributed by atoms with Gasteiger partial charge >= 0.3 is 0 Å². The number of anilines is 1. The van der Waals surface area contributed by atoms with Crippen LogP contribution in [-0.4, -0.2) is 19.7 Å². The third kappa shape index (κ3) is 2.81. The predicted octanol–water partition coefficient (Wildman–Crippen LogP) is 3.55. The average molecular weight is 306 g/mol. The van der Waals surface area contributed by atoms with Gasteiger partial charge in [-0.05, 0) is 31.2 Å². The van der Waals surface area contributed by atoms with Crippen molar-refractivity contribution in [3.05, 3.63) is 52.3 Å². The summed E-state index contributed by atoms with van der Waals surface area (Å²) in [6.07, 6.45) is 4.88. The summed E-state index contributed by atoms with van der Waals surface area (Å²) in [4.78, 5) is 9.44. The summed E-state index contributed by atoms with van der Waals surface area (Å²) in [6, 6.07) is 7.99. The molecule has 0 spiro atoms. The van der Waals surface area contributed by atoms with Gasteiger partial charge in [0, 0.05) is 4.88 Å². The zero-order valence-electron chi connectivity index (χ0n) is 10.7. The summed E-state index contributed by atoms with van der Waals surface area (Å²) in [5.74, 6) is 0.736. The Morgan fingerprint density at radius 2 is 2.20 bits per heavy atom. The molecule has 102 valence electrons. The molecule has 1 N–H and O–H groups in total. The molecule has 0 aliphatic heterocycles. The van der Waals surface area contributed by atoms with Crippen molar-refractivity contribution in [3.63, 3.8) is 0 Å². The van der Waals surface area contributed by atoms with Gasteiger partial charge in [-0.15, -0.1) is 11.3 Å². The van der Waals surface area contributed by atoms with Crippen LogP contribution in [0.25, 0.3) is 5.82 Å². The molecule has 20 heavy (non-hydrogen) atoms. The third-order valence-corrected chi connectivity index (χ3v) is 4.22. The van der Waals surface area contributed by atoms with Crippen molar-refractivity contribution in [1.29, 1.82) is 0 Å². The van der Waals surface area contributed by atoms with Crippen LogP contribution in [0.4, 0.5) is 5.69 Å². The van der Waals surface area contributed by atoms with E-state index in [1.54, 1.807) is 28.5 Å². The summed E-state index contributed by atoms with van der Waals surface area (Å²) < 4.78 is 2.42. The first-order valence-electron chi connectivity index (χ1n) is 6.05. The molecule has 5 nitrogen and oxygen atoms in total. The molecule has 1 unspecified atom stereocenters. The van der Waals surface area contributed by atoms with Gasteiger partial charge in [-0.25, -0.2) is 14.6 Å². The fourth-order valence-corrected chi connectivity index (χ4v) is 2.88. The zero-order chi connectivity index (χ0) is 13.9. The number of hydrogen-bond donors (Lipinski definition) is 1. The SMILES string of the molecule is CC(Nc1ccc(-n2cncn2)nc1)c1ccc(Cl)s1. The topological polar surface area (TPSA) is 55.6 Å². The van der Waals surface area contributed by atoms with Crippen molar-refractivity contribution in [3.8, 4) is 5.82 Å². The minimum absolute atomic E-state index is 0.187. The maximum absolute atomic E-state index is 5.95. The molecule has 1 atom stereocenters. The number of pyridine rings is 1. The van der Waals surface area contributed by atoms with Crippen LogP contribution in [0.3, 0.4) is 0 Å². The van der Waals surface area contributed by atoms with Crippen LogP contribution in [0, 0.1) is 0 Å². The second-order valence-electron chi connectivity index (χ2n) is 4.25. The van der Waals surface area contributed by atoms with E-state index in [1.165, 1.54) is 11.2 Å². The van der Waals surface area contributed by atoms with Crippen LogP contribution in [-0.2, 0) is 0 Å². The third-order valence-electron chi connectivity index (χ3n) is 2.81. The lowest BCUT2D eigenvalue weighted by Gasteiger charge is -2.13. The van der Waals surface area contributed by atoms with E-state index >= 15 is 0 Å². The van der Waals surface area contributed by atoms with Gasteiger partial charge in [-0.1, -0.05) is 11.6 Å². The predicted molar refractivity (Wildman–Crippen MR) is 80.5 cm³/mol. The minimum atomic E-state index is 0.187. The fraction of sp³-hybridized carbons (Fsp3) is 0.154. The van der Waals surface area contributed by atoms with Crippen LogP contribution in [0.5, 0.6) is 0 Å².